The second-order valence-electron chi connectivity index (χ2n) is 3.14. The molecule has 0 heterocycles. The lowest BCUT2D eigenvalue weighted by atomic mass is 10.1. The minimum absolute atomic E-state index is 0.150. The highest BCUT2D eigenvalue weighted by molar-refractivity contribution is 5.72. The summed E-state index contributed by atoms with van der Waals surface area (Å²) in [7, 11) is 0. The van der Waals surface area contributed by atoms with Crippen molar-refractivity contribution in [3.63, 3.8) is 0 Å². The van der Waals surface area contributed by atoms with Crippen molar-refractivity contribution in [3.8, 4) is 12.1 Å². The number of ether oxygens (including phenoxy) is 1. The smallest absolute Gasteiger partial charge is 0.309 e. The number of nitrogens with zero attached hydrogens (tertiary/aromatic N) is 3. The van der Waals surface area contributed by atoms with Crippen LogP contribution in [-0.4, -0.2) is 37.1 Å². The van der Waals surface area contributed by atoms with Crippen molar-refractivity contribution in [3.05, 3.63) is 0 Å². The van der Waals surface area contributed by atoms with Crippen molar-refractivity contribution in [2.45, 2.75) is 13.8 Å². The largest absolute Gasteiger partial charge is 0.466 e. The van der Waals surface area contributed by atoms with E-state index in [0.717, 1.165) is 0 Å². The van der Waals surface area contributed by atoms with Crippen molar-refractivity contribution >= 4 is 5.97 Å². The highest BCUT2D eigenvalue weighted by atomic mass is 16.5. The number of nitriles is 2. The van der Waals surface area contributed by atoms with E-state index >= 15 is 0 Å². The SMILES string of the molecule is CCOC(=O)C(C)CN(CC#N)CC#N. The Morgan fingerprint density at radius 2 is 1.93 bits per heavy atom. The first-order valence-corrected chi connectivity index (χ1v) is 4.78. The predicted molar refractivity (Wildman–Crippen MR) is 53.5 cm³/mol. The summed E-state index contributed by atoms with van der Waals surface area (Å²) in [5.74, 6) is -0.606. The van der Waals surface area contributed by atoms with Gasteiger partial charge in [-0.15, -0.1) is 0 Å². The van der Waals surface area contributed by atoms with E-state index in [2.05, 4.69) is 0 Å². The summed E-state index contributed by atoms with van der Waals surface area (Å²) < 4.78 is 4.83. The third-order valence-electron chi connectivity index (χ3n) is 1.81. The average molecular weight is 209 g/mol. The van der Waals surface area contributed by atoms with Gasteiger partial charge in [0.2, 0.25) is 0 Å². The van der Waals surface area contributed by atoms with Gasteiger partial charge >= 0.3 is 5.97 Å². The van der Waals surface area contributed by atoms with Crippen LogP contribution < -0.4 is 0 Å². The normalized spacial score (nSPS) is 11.5. The summed E-state index contributed by atoms with van der Waals surface area (Å²) >= 11 is 0. The number of rotatable bonds is 6. The van der Waals surface area contributed by atoms with Gasteiger partial charge < -0.3 is 4.74 Å². The second kappa shape index (κ2) is 7.78. The molecular formula is C10H15N3O2. The summed E-state index contributed by atoms with van der Waals surface area (Å²) in [4.78, 5) is 12.9. The van der Waals surface area contributed by atoms with Gasteiger partial charge in [0.1, 0.15) is 0 Å². The third kappa shape index (κ3) is 5.66. The molecule has 0 aromatic heterocycles. The van der Waals surface area contributed by atoms with E-state index in [9.17, 15) is 4.79 Å². The molecule has 15 heavy (non-hydrogen) atoms. The molecule has 0 aliphatic heterocycles. The van der Waals surface area contributed by atoms with Crippen LogP contribution in [0.5, 0.6) is 0 Å². The molecule has 82 valence electrons. The molecule has 1 atom stereocenters. The highest BCUT2D eigenvalue weighted by Crippen LogP contribution is 2.02. The molecule has 0 aliphatic carbocycles. The molecule has 0 fully saturated rings. The summed E-state index contributed by atoms with van der Waals surface area (Å²) in [6.07, 6.45) is 0. The van der Waals surface area contributed by atoms with Crippen LogP contribution in [0, 0.1) is 28.6 Å². The van der Waals surface area contributed by atoms with Crippen molar-refractivity contribution in [1.82, 2.24) is 4.90 Å². The Balaban J connectivity index is 4.11. The summed E-state index contributed by atoms with van der Waals surface area (Å²) in [5.41, 5.74) is 0. The van der Waals surface area contributed by atoms with Crippen LogP contribution in [0.4, 0.5) is 0 Å². The first-order valence-electron chi connectivity index (χ1n) is 4.78. The number of esters is 1. The van der Waals surface area contributed by atoms with Crippen molar-refractivity contribution < 1.29 is 9.53 Å². The molecule has 0 aromatic carbocycles. The van der Waals surface area contributed by atoms with Crippen LogP contribution in [0.2, 0.25) is 0 Å². The van der Waals surface area contributed by atoms with Gasteiger partial charge in [-0.25, -0.2) is 0 Å². The molecule has 0 rings (SSSR count). The third-order valence-corrected chi connectivity index (χ3v) is 1.81. The van der Waals surface area contributed by atoms with Gasteiger partial charge in [0.25, 0.3) is 0 Å². The fraction of sp³-hybridized carbons (Fsp3) is 0.700. The lowest BCUT2D eigenvalue weighted by Gasteiger charge is -2.18. The van der Waals surface area contributed by atoms with Gasteiger partial charge in [-0.2, -0.15) is 10.5 Å². The van der Waals surface area contributed by atoms with Crippen LogP contribution in [0.3, 0.4) is 0 Å². The fourth-order valence-electron chi connectivity index (χ4n) is 1.13. The van der Waals surface area contributed by atoms with Crippen molar-refractivity contribution in [2.24, 2.45) is 5.92 Å². The van der Waals surface area contributed by atoms with Gasteiger partial charge in [-0.3, -0.25) is 9.69 Å². The standard InChI is InChI=1S/C10H15N3O2/c1-3-15-10(14)9(2)8-13(6-4-11)7-5-12/h9H,3,6-8H2,1-2H3. The Bertz CT molecular complexity index is 261. The van der Waals surface area contributed by atoms with E-state index in [4.69, 9.17) is 15.3 Å². The molecule has 0 aromatic rings. The van der Waals surface area contributed by atoms with Gasteiger partial charge in [0.15, 0.2) is 0 Å². The first-order chi connectivity index (χ1) is 7.15. The van der Waals surface area contributed by atoms with Gasteiger partial charge in [-0.05, 0) is 6.92 Å². The summed E-state index contributed by atoms with van der Waals surface area (Å²) in [6, 6.07) is 3.90. The molecule has 0 aliphatic rings. The lowest BCUT2D eigenvalue weighted by Crippen LogP contribution is -2.33. The fourth-order valence-corrected chi connectivity index (χ4v) is 1.13. The van der Waals surface area contributed by atoms with E-state index in [-0.39, 0.29) is 25.0 Å². The quantitative estimate of drug-likeness (QED) is 0.471. The first kappa shape index (κ1) is 13.4. The lowest BCUT2D eigenvalue weighted by molar-refractivity contribution is -0.147. The zero-order valence-corrected chi connectivity index (χ0v) is 9.06. The van der Waals surface area contributed by atoms with Crippen molar-refractivity contribution in [1.29, 1.82) is 10.5 Å². The Labute approximate surface area is 89.8 Å². The Hall–Kier alpha value is -1.59. The molecule has 5 heteroatoms. The maximum Gasteiger partial charge on any atom is 0.309 e. The topological polar surface area (TPSA) is 77.1 Å². The van der Waals surface area contributed by atoms with Crippen LogP contribution >= 0.6 is 0 Å². The molecule has 0 amide bonds. The molecule has 0 radical (unpaired) electrons. The zero-order chi connectivity index (χ0) is 11.7. The van der Waals surface area contributed by atoms with Gasteiger partial charge in [0.05, 0.1) is 37.8 Å². The zero-order valence-electron chi connectivity index (χ0n) is 9.06. The predicted octanol–water partition coefficient (Wildman–Crippen LogP) is 0.535. The molecule has 0 bridgehead atoms. The van der Waals surface area contributed by atoms with Crippen LogP contribution in [0.15, 0.2) is 0 Å². The Morgan fingerprint density at radius 1 is 1.40 bits per heavy atom. The molecular weight excluding hydrogens is 194 g/mol. The summed E-state index contributed by atoms with van der Waals surface area (Å²) in [6.45, 7) is 4.49. The molecule has 0 N–H and O–H groups in total. The molecule has 5 nitrogen and oxygen atoms in total. The van der Waals surface area contributed by atoms with Crippen LogP contribution in [0.25, 0.3) is 0 Å². The number of carbonyl (C=O) groups excluding carboxylic acids is 1. The molecule has 0 saturated carbocycles. The Kier molecular flexibility index (Phi) is 6.96. The van der Waals surface area contributed by atoms with E-state index in [1.807, 2.05) is 12.1 Å². The van der Waals surface area contributed by atoms with Gasteiger partial charge in [-0.1, -0.05) is 6.92 Å². The minimum Gasteiger partial charge on any atom is -0.466 e. The van der Waals surface area contributed by atoms with Crippen LogP contribution in [-0.2, 0) is 9.53 Å². The second-order valence-corrected chi connectivity index (χ2v) is 3.14. The Morgan fingerprint density at radius 3 is 2.33 bits per heavy atom. The molecule has 0 saturated heterocycles. The summed E-state index contributed by atoms with van der Waals surface area (Å²) in [5, 5.41) is 17.0. The monoisotopic (exact) mass is 209 g/mol. The number of hydrogen-bond donors (Lipinski definition) is 0. The number of hydrogen-bond acceptors (Lipinski definition) is 5. The van der Waals surface area contributed by atoms with Gasteiger partial charge in [0, 0.05) is 6.54 Å². The van der Waals surface area contributed by atoms with E-state index in [0.29, 0.717) is 13.2 Å². The van der Waals surface area contributed by atoms with Crippen molar-refractivity contribution in [2.75, 3.05) is 26.2 Å². The highest BCUT2D eigenvalue weighted by Gasteiger charge is 2.17. The number of carbonyl (C=O) groups is 1. The van der Waals surface area contributed by atoms with E-state index in [1.165, 1.54) is 0 Å². The minimum atomic E-state index is -0.313. The maximum atomic E-state index is 11.3. The average Bonchev–Trinajstić information content (AvgIpc) is 2.18. The van der Waals surface area contributed by atoms with Crippen LogP contribution in [0.1, 0.15) is 13.8 Å². The van der Waals surface area contributed by atoms with E-state index < -0.39 is 0 Å². The molecule has 1 unspecified atom stereocenters. The van der Waals surface area contributed by atoms with E-state index in [1.54, 1.807) is 18.7 Å². The maximum absolute atomic E-state index is 11.3. The molecule has 0 spiro atoms.